The highest BCUT2D eigenvalue weighted by molar-refractivity contribution is 5.46. The fourth-order valence-electron chi connectivity index (χ4n) is 1.56. The highest BCUT2D eigenvalue weighted by Gasteiger charge is 2.08. The predicted octanol–water partition coefficient (Wildman–Crippen LogP) is 2.76. The molecular weight excluding hydrogens is 196 g/mol. The summed E-state index contributed by atoms with van der Waals surface area (Å²) in [6.45, 7) is 11.0. The standard InChI is InChI=1S/C10H14N2.C4H10/c1-2-4-10(5-3-1)12-8-6-11-7-9-12;1-4(2)3/h1-5,11H,6-9H2;4H,1-3H3. The molecule has 1 aromatic rings. The summed E-state index contributed by atoms with van der Waals surface area (Å²) in [4.78, 5) is 2.41. The van der Waals surface area contributed by atoms with Crippen molar-refractivity contribution >= 4 is 5.69 Å². The Morgan fingerprint density at radius 3 is 2.00 bits per heavy atom. The second-order valence-corrected chi connectivity index (χ2v) is 4.80. The normalized spacial score (nSPS) is 15.6. The molecule has 0 saturated carbocycles. The van der Waals surface area contributed by atoms with Crippen molar-refractivity contribution in [3.63, 3.8) is 0 Å². The van der Waals surface area contributed by atoms with Crippen LogP contribution in [0.25, 0.3) is 0 Å². The fraction of sp³-hybridized carbons (Fsp3) is 0.571. The first-order valence-corrected chi connectivity index (χ1v) is 6.21. The lowest BCUT2D eigenvalue weighted by Gasteiger charge is -2.29. The Kier molecular flexibility index (Phi) is 5.94. The molecule has 1 aromatic carbocycles. The molecule has 2 nitrogen and oxygen atoms in total. The van der Waals surface area contributed by atoms with Gasteiger partial charge in [-0.15, -0.1) is 0 Å². The molecule has 0 aliphatic carbocycles. The van der Waals surface area contributed by atoms with Gasteiger partial charge in [0.25, 0.3) is 0 Å². The van der Waals surface area contributed by atoms with Gasteiger partial charge in [0.2, 0.25) is 0 Å². The third kappa shape index (κ3) is 5.17. The molecule has 1 aliphatic heterocycles. The predicted molar refractivity (Wildman–Crippen MR) is 72.0 cm³/mol. The number of para-hydroxylation sites is 1. The Morgan fingerprint density at radius 2 is 1.50 bits per heavy atom. The summed E-state index contributed by atoms with van der Waals surface area (Å²) in [5, 5.41) is 3.34. The number of nitrogens with one attached hydrogen (secondary N) is 1. The summed E-state index contributed by atoms with van der Waals surface area (Å²) < 4.78 is 0. The molecule has 2 rings (SSSR count). The largest absolute Gasteiger partial charge is 0.369 e. The van der Waals surface area contributed by atoms with E-state index in [4.69, 9.17) is 0 Å². The molecule has 2 heteroatoms. The summed E-state index contributed by atoms with van der Waals surface area (Å²) in [7, 11) is 0. The number of nitrogens with zero attached hydrogens (tertiary/aromatic N) is 1. The van der Waals surface area contributed by atoms with Gasteiger partial charge in [-0.05, 0) is 18.1 Å². The monoisotopic (exact) mass is 220 g/mol. The molecule has 1 fully saturated rings. The van der Waals surface area contributed by atoms with Gasteiger partial charge in [-0.2, -0.15) is 0 Å². The van der Waals surface area contributed by atoms with Crippen LogP contribution >= 0.6 is 0 Å². The van der Waals surface area contributed by atoms with Crippen molar-refractivity contribution in [3.8, 4) is 0 Å². The van der Waals surface area contributed by atoms with Crippen molar-refractivity contribution in [1.82, 2.24) is 5.32 Å². The van der Waals surface area contributed by atoms with Gasteiger partial charge in [0, 0.05) is 31.9 Å². The van der Waals surface area contributed by atoms with Crippen molar-refractivity contribution in [1.29, 1.82) is 0 Å². The lowest BCUT2D eigenvalue weighted by Crippen LogP contribution is -2.43. The molecule has 0 bridgehead atoms. The topological polar surface area (TPSA) is 15.3 Å². The van der Waals surface area contributed by atoms with E-state index in [2.05, 4.69) is 61.3 Å². The van der Waals surface area contributed by atoms with Gasteiger partial charge in [0.15, 0.2) is 0 Å². The van der Waals surface area contributed by atoms with Crippen LogP contribution in [0, 0.1) is 5.92 Å². The first-order valence-electron chi connectivity index (χ1n) is 6.21. The first kappa shape index (κ1) is 13.0. The van der Waals surface area contributed by atoms with E-state index in [-0.39, 0.29) is 0 Å². The molecule has 1 N–H and O–H groups in total. The van der Waals surface area contributed by atoms with E-state index in [1.807, 2.05) is 0 Å². The Hall–Kier alpha value is -1.02. The minimum atomic E-state index is 0.833. The number of hydrogen-bond acceptors (Lipinski definition) is 2. The zero-order valence-corrected chi connectivity index (χ0v) is 10.7. The number of benzene rings is 1. The van der Waals surface area contributed by atoms with Gasteiger partial charge in [-0.1, -0.05) is 39.0 Å². The Morgan fingerprint density at radius 1 is 1.00 bits per heavy atom. The maximum atomic E-state index is 3.34. The van der Waals surface area contributed by atoms with E-state index < -0.39 is 0 Å². The van der Waals surface area contributed by atoms with E-state index >= 15 is 0 Å². The lowest BCUT2D eigenvalue weighted by molar-refractivity contribution is 0.589. The average molecular weight is 220 g/mol. The molecule has 1 aliphatic rings. The minimum absolute atomic E-state index is 0.833. The van der Waals surface area contributed by atoms with E-state index in [1.54, 1.807) is 0 Å². The summed E-state index contributed by atoms with van der Waals surface area (Å²) in [6, 6.07) is 10.6. The molecule has 0 amide bonds. The summed E-state index contributed by atoms with van der Waals surface area (Å²) in [5.41, 5.74) is 1.35. The molecule has 0 spiro atoms. The summed E-state index contributed by atoms with van der Waals surface area (Å²) in [5.74, 6) is 0.833. The maximum absolute atomic E-state index is 3.34. The van der Waals surface area contributed by atoms with Crippen LogP contribution in [0.1, 0.15) is 20.8 Å². The average Bonchev–Trinajstić information content (AvgIpc) is 2.31. The van der Waals surface area contributed by atoms with Crippen molar-refractivity contribution in [2.24, 2.45) is 5.92 Å². The highest BCUT2D eigenvalue weighted by Crippen LogP contribution is 2.12. The van der Waals surface area contributed by atoms with E-state index in [1.165, 1.54) is 5.69 Å². The van der Waals surface area contributed by atoms with Gasteiger partial charge in [-0.25, -0.2) is 0 Å². The second kappa shape index (κ2) is 7.29. The van der Waals surface area contributed by atoms with Crippen molar-refractivity contribution in [2.45, 2.75) is 20.8 Å². The van der Waals surface area contributed by atoms with Crippen LogP contribution in [0.2, 0.25) is 0 Å². The highest BCUT2D eigenvalue weighted by atomic mass is 15.2. The van der Waals surface area contributed by atoms with Crippen LogP contribution in [0.4, 0.5) is 5.69 Å². The molecule has 0 unspecified atom stereocenters. The van der Waals surface area contributed by atoms with E-state index in [9.17, 15) is 0 Å². The quantitative estimate of drug-likeness (QED) is 0.783. The molecule has 0 atom stereocenters. The van der Waals surface area contributed by atoms with Crippen LogP contribution in [-0.4, -0.2) is 26.2 Å². The van der Waals surface area contributed by atoms with E-state index in [0.717, 1.165) is 32.1 Å². The zero-order valence-electron chi connectivity index (χ0n) is 10.7. The van der Waals surface area contributed by atoms with Crippen LogP contribution in [0.5, 0.6) is 0 Å². The van der Waals surface area contributed by atoms with Gasteiger partial charge < -0.3 is 10.2 Å². The SMILES string of the molecule is CC(C)C.c1ccc(N2CCNCC2)cc1. The Balaban J connectivity index is 0.000000280. The third-order valence-electron chi connectivity index (χ3n) is 2.24. The molecule has 16 heavy (non-hydrogen) atoms. The van der Waals surface area contributed by atoms with Gasteiger partial charge in [0.1, 0.15) is 0 Å². The number of rotatable bonds is 1. The summed E-state index contributed by atoms with van der Waals surface area (Å²) in [6.07, 6.45) is 0. The molecule has 1 saturated heterocycles. The van der Waals surface area contributed by atoms with Gasteiger partial charge in [0.05, 0.1) is 0 Å². The van der Waals surface area contributed by atoms with E-state index in [0.29, 0.717) is 0 Å². The number of anilines is 1. The fourth-order valence-corrected chi connectivity index (χ4v) is 1.56. The van der Waals surface area contributed by atoms with Crippen LogP contribution in [0.3, 0.4) is 0 Å². The van der Waals surface area contributed by atoms with Gasteiger partial charge >= 0.3 is 0 Å². The Bertz CT molecular complexity index is 261. The molecule has 0 aromatic heterocycles. The molecular formula is C14H24N2. The Labute approximate surface area is 99.7 Å². The zero-order chi connectivity index (χ0) is 11.8. The van der Waals surface area contributed by atoms with Crippen LogP contribution < -0.4 is 10.2 Å². The van der Waals surface area contributed by atoms with Crippen molar-refractivity contribution < 1.29 is 0 Å². The summed E-state index contributed by atoms with van der Waals surface area (Å²) >= 11 is 0. The molecule has 0 radical (unpaired) electrons. The maximum Gasteiger partial charge on any atom is 0.0367 e. The molecule has 90 valence electrons. The lowest BCUT2D eigenvalue weighted by atomic mass is 10.2. The van der Waals surface area contributed by atoms with Crippen LogP contribution in [-0.2, 0) is 0 Å². The van der Waals surface area contributed by atoms with Crippen molar-refractivity contribution in [3.05, 3.63) is 30.3 Å². The van der Waals surface area contributed by atoms with Crippen LogP contribution in [0.15, 0.2) is 30.3 Å². The minimum Gasteiger partial charge on any atom is -0.369 e. The molecule has 1 heterocycles. The number of piperazine rings is 1. The smallest absolute Gasteiger partial charge is 0.0367 e. The third-order valence-corrected chi connectivity index (χ3v) is 2.24. The first-order chi connectivity index (χ1) is 7.70. The van der Waals surface area contributed by atoms with Crippen molar-refractivity contribution in [2.75, 3.05) is 31.1 Å². The van der Waals surface area contributed by atoms with Gasteiger partial charge in [-0.3, -0.25) is 0 Å². The number of hydrogen-bond donors (Lipinski definition) is 1. The second-order valence-electron chi connectivity index (χ2n) is 4.80.